The second kappa shape index (κ2) is 22.4. The maximum absolute atomic E-state index is 16.2. The van der Waals surface area contributed by atoms with E-state index in [1.54, 1.807) is 12.1 Å². The Morgan fingerprint density at radius 3 is 0.674 bits per heavy atom. The summed E-state index contributed by atoms with van der Waals surface area (Å²) < 4.78 is 28.8. The number of benzene rings is 1. The summed E-state index contributed by atoms with van der Waals surface area (Å²) in [4.78, 5) is 64.7. The summed E-state index contributed by atoms with van der Waals surface area (Å²) in [5.41, 5.74) is -1.23. The third-order valence-electron chi connectivity index (χ3n) is 31.9. The fourth-order valence-electron chi connectivity index (χ4n) is 25.3. The van der Waals surface area contributed by atoms with Crippen molar-refractivity contribution in [2.75, 3.05) is 0 Å². The molecule has 0 saturated heterocycles. The van der Waals surface area contributed by atoms with Crippen molar-refractivity contribution >= 4 is 23.9 Å². The minimum atomic E-state index is -0.592. The highest BCUT2D eigenvalue weighted by atomic mass is 16.6. The van der Waals surface area contributed by atoms with Crippen molar-refractivity contribution in [1.82, 2.24) is 0 Å². The average molecular weight is 1180 g/mol. The lowest BCUT2D eigenvalue weighted by molar-refractivity contribution is -0.0492. The number of carbonyl (C=O) groups excluding carboxylic acids is 4. The Labute approximate surface area is 521 Å². The summed E-state index contributed by atoms with van der Waals surface area (Å²) in [6.45, 7) is 28.6. The van der Waals surface area contributed by atoms with E-state index in [0.29, 0.717) is 47.3 Å². The van der Waals surface area contributed by atoms with Crippen molar-refractivity contribution in [2.24, 2.45) is 114 Å². The third kappa shape index (κ3) is 9.58. The number of rotatable bonds is 16. The van der Waals surface area contributed by atoms with Crippen LogP contribution in [0.25, 0.3) is 0 Å². The van der Waals surface area contributed by atoms with Gasteiger partial charge >= 0.3 is 23.9 Å². The molecule has 13 rings (SSSR count). The van der Waals surface area contributed by atoms with E-state index in [1.165, 1.54) is 128 Å². The lowest BCUT2D eigenvalue weighted by Crippen LogP contribution is -2.43. The summed E-state index contributed by atoms with van der Waals surface area (Å²) in [6, 6.07) is 3.17. The molecule has 86 heavy (non-hydrogen) atoms. The van der Waals surface area contributed by atoms with Crippen LogP contribution in [0.15, 0.2) is 12.1 Å². The molecule has 0 N–H and O–H groups in total. The molecule has 4 unspecified atom stereocenters. The first-order valence-electron chi connectivity index (χ1n) is 36.8. The molecule has 12 aliphatic rings. The van der Waals surface area contributed by atoms with Crippen molar-refractivity contribution in [1.29, 1.82) is 0 Å². The number of esters is 4. The van der Waals surface area contributed by atoms with Gasteiger partial charge in [0.25, 0.3) is 0 Å². The van der Waals surface area contributed by atoms with Crippen LogP contribution in [-0.4, -0.2) is 48.3 Å². The molecule has 12 aliphatic carbocycles. The van der Waals surface area contributed by atoms with Gasteiger partial charge in [-0.25, -0.2) is 19.2 Å². The Morgan fingerprint density at radius 2 is 0.488 bits per heavy atom. The Kier molecular flexibility index (Phi) is 16.2. The van der Waals surface area contributed by atoms with E-state index in [9.17, 15) is 0 Å². The molecule has 1 aromatic carbocycles. The average Bonchev–Trinajstić information content (AvgIpc) is 1.57. The molecule has 8 nitrogen and oxygen atoms in total. The highest BCUT2D eigenvalue weighted by Gasteiger charge is 2.72. The molecule has 16 atom stereocenters. The molecule has 0 aromatic heterocycles. The topological polar surface area (TPSA) is 105 Å². The standard InChI is InChI=1S/C78H118O8/c1-71(2)59-33-37-75(71,9)63(55(59)41-47-25-17-13-18-26-47)83-67(79)51-45-53(69(81)85-65-57(43-49-29-21-15-22-30-49)61-35-39-77(65,11)73(61,5)6)54(70(82)86-66-58(44-50-31-23-16-24-32-50)62-36-40-78(66,12)74(62,7)8)46-52(51)68(80)84-64-56(42-48-27-19-14-20-28-48)60-34-38-76(64,10)72(60,3)4/h45-50,55-66H,13-44H2,1-12H3/t55-,56-,57-,58-,59?,60?,61?,62?,63-,64-,65-,66-,75-,76-,77-,78-/m1/s1. The zero-order valence-electron chi connectivity index (χ0n) is 56.3. The SMILES string of the molecule is CC1(C)C2CC[C@]1(C)[C@H](OC(=O)c1cc(C(=O)O[C@@H]3[C@H](CC4CCCCC4)C4CC[C@@]3(C)C4(C)C)c(C(=O)O[C@@H]3[C@H](CC4CCCCC4)C4CC[C@@]3(C)C4(C)C)cc1C(=O)O[C@@H]1[C@H](CC3CCCCC3)C3CC[C@@]1(C)C3(C)C)[C@@H]2CC1CCCCC1. The molecule has 0 spiro atoms. The van der Waals surface area contributed by atoms with Crippen LogP contribution in [0.2, 0.25) is 0 Å². The van der Waals surface area contributed by atoms with Gasteiger partial charge in [-0.15, -0.1) is 0 Å². The summed E-state index contributed by atoms with van der Waals surface area (Å²) in [6.07, 6.45) is 36.1. The van der Waals surface area contributed by atoms with E-state index < -0.39 is 23.9 Å². The van der Waals surface area contributed by atoms with Gasteiger partial charge < -0.3 is 18.9 Å². The smallest absolute Gasteiger partial charge is 0.339 e. The van der Waals surface area contributed by atoms with Crippen molar-refractivity contribution < 1.29 is 38.1 Å². The number of carbonyl (C=O) groups is 4. The van der Waals surface area contributed by atoms with E-state index >= 15 is 19.2 Å². The summed E-state index contributed by atoms with van der Waals surface area (Å²) in [7, 11) is 0. The fourth-order valence-corrected chi connectivity index (χ4v) is 25.3. The first-order chi connectivity index (χ1) is 40.8. The fraction of sp³-hybridized carbons (Fsp3) is 0.872. The first kappa shape index (κ1) is 61.9. The van der Waals surface area contributed by atoms with Crippen LogP contribution in [-0.2, 0) is 18.9 Å². The van der Waals surface area contributed by atoms with Gasteiger partial charge in [0.15, 0.2) is 0 Å². The Hall–Kier alpha value is -2.90. The number of hydrogen-bond acceptors (Lipinski definition) is 8. The Morgan fingerprint density at radius 1 is 0.302 bits per heavy atom. The lowest BCUT2D eigenvalue weighted by atomic mass is 9.69. The number of hydrogen-bond donors (Lipinski definition) is 0. The van der Waals surface area contributed by atoms with E-state index in [0.717, 1.165) is 77.0 Å². The van der Waals surface area contributed by atoms with Gasteiger partial charge in [-0.1, -0.05) is 212 Å². The minimum absolute atomic E-state index is 0.0249. The summed E-state index contributed by atoms with van der Waals surface area (Å²) in [5.74, 6) is 2.46. The van der Waals surface area contributed by atoms with Crippen LogP contribution >= 0.6 is 0 Å². The molecule has 8 bridgehead atoms. The molecule has 12 fully saturated rings. The molecule has 0 aliphatic heterocycles. The van der Waals surface area contributed by atoms with E-state index in [4.69, 9.17) is 18.9 Å². The molecule has 12 saturated carbocycles. The van der Waals surface area contributed by atoms with Crippen LogP contribution in [0, 0.1) is 114 Å². The summed E-state index contributed by atoms with van der Waals surface area (Å²) >= 11 is 0. The molecule has 0 heterocycles. The highest BCUT2D eigenvalue weighted by molar-refractivity contribution is 6.10. The Balaban J connectivity index is 0.927. The van der Waals surface area contributed by atoms with Gasteiger partial charge in [-0.3, -0.25) is 0 Å². The molecule has 478 valence electrons. The van der Waals surface area contributed by atoms with Crippen LogP contribution in [0.1, 0.15) is 330 Å². The highest BCUT2D eigenvalue weighted by Crippen LogP contribution is 2.74. The molecule has 0 radical (unpaired) electrons. The second-order valence-electron chi connectivity index (χ2n) is 36.0. The second-order valence-corrected chi connectivity index (χ2v) is 36.0. The minimum Gasteiger partial charge on any atom is -0.458 e. The van der Waals surface area contributed by atoms with E-state index in [-0.39, 0.29) is 114 Å². The van der Waals surface area contributed by atoms with Crippen LogP contribution in [0.4, 0.5) is 0 Å². The lowest BCUT2D eigenvalue weighted by Gasteiger charge is -2.41. The van der Waals surface area contributed by atoms with Crippen molar-refractivity contribution in [3.8, 4) is 0 Å². The van der Waals surface area contributed by atoms with Crippen LogP contribution in [0.5, 0.6) is 0 Å². The Bertz CT molecular complexity index is 2360. The predicted molar refractivity (Wildman–Crippen MR) is 340 cm³/mol. The number of fused-ring (bicyclic) bond motifs is 8. The van der Waals surface area contributed by atoms with E-state index in [1.807, 2.05) is 0 Å². The van der Waals surface area contributed by atoms with Crippen molar-refractivity contribution in [3.63, 3.8) is 0 Å². The third-order valence-corrected chi connectivity index (χ3v) is 31.9. The van der Waals surface area contributed by atoms with Gasteiger partial charge in [0.1, 0.15) is 24.4 Å². The van der Waals surface area contributed by atoms with Crippen LogP contribution < -0.4 is 0 Å². The quantitative estimate of drug-likeness (QED) is 0.119. The van der Waals surface area contributed by atoms with Gasteiger partial charge in [0.2, 0.25) is 0 Å². The monoisotopic (exact) mass is 1180 g/mol. The first-order valence-corrected chi connectivity index (χ1v) is 36.8. The van der Waals surface area contributed by atoms with Gasteiger partial charge in [-0.2, -0.15) is 0 Å². The molecule has 0 amide bonds. The normalized spacial score (nSPS) is 42.1. The maximum atomic E-state index is 16.2. The van der Waals surface area contributed by atoms with E-state index in [2.05, 4.69) is 83.1 Å². The van der Waals surface area contributed by atoms with Gasteiger partial charge in [0.05, 0.1) is 22.3 Å². The zero-order valence-corrected chi connectivity index (χ0v) is 56.3. The van der Waals surface area contributed by atoms with Crippen molar-refractivity contribution in [2.45, 2.75) is 313 Å². The zero-order chi connectivity index (χ0) is 60.7. The maximum Gasteiger partial charge on any atom is 0.339 e. The van der Waals surface area contributed by atoms with Crippen LogP contribution in [0.3, 0.4) is 0 Å². The van der Waals surface area contributed by atoms with Gasteiger partial charge in [-0.05, 0) is 158 Å². The van der Waals surface area contributed by atoms with Crippen molar-refractivity contribution in [3.05, 3.63) is 34.4 Å². The largest absolute Gasteiger partial charge is 0.458 e. The molecule has 1 aromatic rings. The predicted octanol–water partition coefficient (Wildman–Crippen LogP) is 20.0. The number of ether oxygens (including phenoxy) is 4. The molecule has 8 heteroatoms. The summed E-state index contributed by atoms with van der Waals surface area (Å²) in [5, 5.41) is 0. The van der Waals surface area contributed by atoms with Gasteiger partial charge in [0, 0.05) is 45.3 Å². The molecular weight excluding hydrogens is 1060 g/mol. The molecular formula is C78H118O8.